The van der Waals surface area contributed by atoms with E-state index < -0.39 is 5.97 Å². The molecule has 0 fully saturated rings. The van der Waals surface area contributed by atoms with Crippen molar-refractivity contribution in [3.8, 4) is 11.3 Å². The van der Waals surface area contributed by atoms with Crippen LogP contribution in [0.2, 0.25) is 0 Å². The van der Waals surface area contributed by atoms with E-state index in [1.165, 1.54) is 11.3 Å². The van der Waals surface area contributed by atoms with E-state index in [4.69, 9.17) is 9.15 Å². The van der Waals surface area contributed by atoms with Crippen molar-refractivity contribution in [3.63, 3.8) is 0 Å². The van der Waals surface area contributed by atoms with Crippen LogP contribution in [-0.2, 0) is 4.74 Å². The number of carbonyl (C=O) groups is 2. The summed E-state index contributed by atoms with van der Waals surface area (Å²) in [5.41, 5.74) is 3.73. The van der Waals surface area contributed by atoms with Crippen LogP contribution in [0, 0.1) is 27.7 Å². The van der Waals surface area contributed by atoms with Crippen LogP contribution in [0.4, 0.5) is 5.00 Å². The van der Waals surface area contributed by atoms with Gasteiger partial charge in [-0.3, -0.25) is 4.79 Å². The molecule has 6 heteroatoms. The SMILES string of the molecule is CCOC(=O)c1c(NC(=O)c2cc(-c3ccc(C)cc3)oc2C)sc(C)c1C. The maximum Gasteiger partial charge on any atom is 0.341 e. The molecule has 0 aliphatic carbocycles. The van der Waals surface area contributed by atoms with Gasteiger partial charge in [0.1, 0.15) is 16.5 Å². The second-order valence-corrected chi connectivity index (χ2v) is 7.83. The van der Waals surface area contributed by atoms with Crippen molar-refractivity contribution in [1.29, 1.82) is 0 Å². The summed E-state index contributed by atoms with van der Waals surface area (Å²) in [7, 11) is 0. The molecule has 0 spiro atoms. The minimum atomic E-state index is -0.427. The fraction of sp³-hybridized carbons (Fsp3) is 0.273. The zero-order valence-corrected chi connectivity index (χ0v) is 17.5. The monoisotopic (exact) mass is 397 g/mol. The Labute approximate surface area is 168 Å². The lowest BCUT2D eigenvalue weighted by atomic mass is 10.1. The maximum atomic E-state index is 12.9. The predicted molar refractivity (Wildman–Crippen MR) is 111 cm³/mol. The van der Waals surface area contributed by atoms with Crippen LogP contribution < -0.4 is 5.32 Å². The fourth-order valence-electron chi connectivity index (χ4n) is 2.90. The van der Waals surface area contributed by atoms with E-state index >= 15 is 0 Å². The standard InChI is InChI=1S/C22H23NO4S/c1-6-26-22(25)19-13(3)15(5)28-21(19)23-20(24)17-11-18(27-14(17)4)16-9-7-12(2)8-10-16/h7-11H,6H2,1-5H3,(H,23,24). The Morgan fingerprint density at radius 3 is 2.43 bits per heavy atom. The lowest BCUT2D eigenvalue weighted by Crippen LogP contribution is -2.15. The molecule has 2 aromatic heterocycles. The van der Waals surface area contributed by atoms with Gasteiger partial charge in [0.15, 0.2) is 0 Å². The summed E-state index contributed by atoms with van der Waals surface area (Å²) in [6.07, 6.45) is 0. The molecule has 0 saturated heterocycles. The molecule has 0 radical (unpaired) electrons. The van der Waals surface area contributed by atoms with Gasteiger partial charge in [0, 0.05) is 10.4 Å². The average molecular weight is 397 g/mol. The number of benzene rings is 1. The van der Waals surface area contributed by atoms with Crippen LogP contribution in [0.25, 0.3) is 11.3 Å². The second kappa shape index (κ2) is 8.02. The summed E-state index contributed by atoms with van der Waals surface area (Å²) in [6.45, 7) is 9.57. The number of hydrogen-bond acceptors (Lipinski definition) is 5. The number of esters is 1. The van der Waals surface area contributed by atoms with Crippen molar-refractivity contribution in [2.45, 2.75) is 34.6 Å². The molecule has 0 aliphatic rings. The van der Waals surface area contributed by atoms with Crippen LogP contribution in [0.5, 0.6) is 0 Å². The molecule has 0 aliphatic heterocycles. The molecule has 1 aromatic carbocycles. The predicted octanol–water partition coefficient (Wildman–Crippen LogP) is 5.67. The van der Waals surface area contributed by atoms with Crippen molar-refractivity contribution in [2.75, 3.05) is 11.9 Å². The number of nitrogens with one attached hydrogen (secondary N) is 1. The van der Waals surface area contributed by atoms with Crippen molar-refractivity contribution >= 4 is 28.2 Å². The Bertz CT molecular complexity index is 1030. The topological polar surface area (TPSA) is 68.5 Å². The quantitative estimate of drug-likeness (QED) is 0.563. The number of rotatable bonds is 5. The molecular formula is C22H23NO4S. The van der Waals surface area contributed by atoms with Crippen LogP contribution in [0.15, 0.2) is 34.7 Å². The molecule has 2 heterocycles. The number of anilines is 1. The molecule has 0 atom stereocenters. The maximum absolute atomic E-state index is 12.9. The molecule has 0 unspecified atom stereocenters. The van der Waals surface area contributed by atoms with Gasteiger partial charge in [-0.05, 0) is 46.2 Å². The third-order valence-corrected chi connectivity index (χ3v) is 5.71. The van der Waals surface area contributed by atoms with Gasteiger partial charge in [-0.25, -0.2) is 4.79 Å². The lowest BCUT2D eigenvalue weighted by Gasteiger charge is -2.06. The van der Waals surface area contributed by atoms with E-state index in [0.29, 0.717) is 27.6 Å². The Kier molecular flexibility index (Phi) is 5.70. The summed E-state index contributed by atoms with van der Waals surface area (Å²) < 4.78 is 10.9. The van der Waals surface area contributed by atoms with Crippen LogP contribution in [0.3, 0.4) is 0 Å². The first-order valence-electron chi connectivity index (χ1n) is 9.07. The number of aryl methyl sites for hydroxylation is 3. The van der Waals surface area contributed by atoms with E-state index in [1.807, 2.05) is 45.0 Å². The highest BCUT2D eigenvalue weighted by molar-refractivity contribution is 7.16. The third-order valence-electron chi connectivity index (χ3n) is 4.59. The first-order valence-corrected chi connectivity index (χ1v) is 9.89. The summed E-state index contributed by atoms with van der Waals surface area (Å²) in [5.74, 6) is 0.415. The van der Waals surface area contributed by atoms with Crippen molar-refractivity contribution in [1.82, 2.24) is 0 Å². The van der Waals surface area contributed by atoms with Crippen LogP contribution >= 0.6 is 11.3 Å². The zero-order chi connectivity index (χ0) is 20.4. The lowest BCUT2D eigenvalue weighted by molar-refractivity contribution is 0.0527. The summed E-state index contributed by atoms with van der Waals surface area (Å²) in [6, 6.07) is 9.64. The first kappa shape index (κ1) is 19.9. The Hall–Kier alpha value is -2.86. The molecular weight excluding hydrogens is 374 g/mol. The molecule has 0 bridgehead atoms. The minimum Gasteiger partial charge on any atom is -0.462 e. The number of hydrogen-bond donors (Lipinski definition) is 1. The molecule has 3 rings (SSSR count). The molecule has 146 valence electrons. The highest BCUT2D eigenvalue weighted by Gasteiger charge is 2.24. The molecule has 3 aromatic rings. The van der Waals surface area contributed by atoms with Crippen molar-refractivity contribution in [2.24, 2.45) is 0 Å². The molecule has 28 heavy (non-hydrogen) atoms. The molecule has 0 saturated carbocycles. The van der Waals surface area contributed by atoms with Gasteiger partial charge < -0.3 is 14.5 Å². The van der Waals surface area contributed by atoms with E-state index in [9.17, 15) is 9.59 Å². The highest BCUT2D eigenvalue weighted by atomic mass is 32.1. The number of furan rings is 1. The van der Waals surface area contributed by atoms with Gasteiger partial charge in [0.25, 0.3) is 5.91 Å². The smallest absolute Gasteiger partial charge is 0.341 e. The van der Waals surface area contributed by atoms with E-state index in [2.05, 4.69) is 5.32 Å². The van der Waals surface area contributed by atoms with Gasteiger partial charge in [0.05, 0.1) is 17.7 Å². The Balaban J connectivity index is 1.89. The van der Waals surface area contributed by atoms with Gasteiger partial charge in [-0.1, -0.05) is 29.8 Å². The highest BCUT2D eigenvalue weighted by Crippen LogP contribution is 2.34. The Morgan fingerprint density at radius 1 is 1.11 bits per heavy atom. The van der Waals surface area contributed by atoms with E-state index in [-0.39, 0.29) is 12.5 Å². The van der Waals surface area contributed by atoms with Gasteiger partial charge in [-0.2, -0.15) is 0 Å². The number of thiophene rings is 1. The largest absolute Gasteiger partial charge is 0.462 e. The minimum absolute atomic E-state index is 0.279. The zero-order valence-electron chi connectivity index (χ0n) is 16.6. The van der Waals surface area contributed by atoms with Gasteiger partial charge >= 0.3 is 5.97 Å². The summed E-state index contributed by atoms with van der Waals surface area (Å²) in [4.78, 5) is 26.1. The van der Waals surface area contributed by atoms with Crippen LogP contribution in [-0.4, -0.2) is 18.5 Å². The normalized spacial score (nSPS) is 10.8. The second-order valence-electron chi connectivity index (χ2n) is 6.61. The summed E-state index contributed by atoms with van der Waals surface area (Å²) in [5, 5.41) is 3.36. The number of ether oxygens (including phenoxy) is 1. The van der Waals surface area contributed by atoms with Gasteiger partial charge in [-0.15, -0.1) is 11.3 Å². The first-order chi connectivity index (χ1) is 13.3. The Morgan fingerprint density at radius 2 is 1.79 bits per heavy atom. The number of carbonyl (C=O) groups excluding carboxylic acids is 2. The van der Waals surface area contributed by atoms with E-state index in [0.717, 1.165) is 21.6 Å². The van der Waals surface area contributed by atoms with E-state index in [1.54, 1.807) is 19.9 Å². The third kappa shape index (κ3) is 3.87. The molecule has 5 nitrogen and oxygen atoms in total. The molecule has 1 N–H and O–H groups in total. The fourth-order valence-corrected chi connectivity index (χ4v) is 3.95. The van der Waals surface area contributed by atoms with Crippen LogP contribution in [0.1, 0.15) is 49.4 Å². The average Bonchev–Trinajstić information content (AvgIpc) is 3.16. The van der Waals surface area contributed by atoms with Gasteiger partial charge in [0.2, 0.25) is 0 Å². The van der Waals surface area contributed by atoms with Crippen molar-refractivity contribution in [3.05, 3.63) is 63.2 Å². The molecule has 1 amide bonds. The number of amides is 1. The van der Waals surface area contributed by atoms with Crippen molar-refractivity contribution < 1.29 is 18.7 Å². The summed E-state index contributed by atoms with van der Waals surface area (Å²) >= 11 is 1.37.